The molecule has 0 heterocycles. The van der Waals surface area contributed by atoms with Gasteiger partial charge < -0.3 is 9.05 Å². The van der Waals surface area contributed by atoms with Crippen LogP contribution in [0.5, 0.6) is 11.5 Å². The summed E-state index contributed by atoms with van der Waals surface area (Å²) in [6.45, 7) is 2.47. The Morgan fingerprint density at radius 3 is 1.41 bits per heavy atom. The highest BCUT2D eigenvalue weighted by molar-refractivity contribution is 8.55. The van der Waals surface area contributed by atoms with Crippen molar-refractivity contribution >= 4 is 53.5 Å². The van der Waals surface area contributed by atoms with Gasteiger partial charge >= 0.3 is 6.80 Å². The molecule has 0 aromatic heterocycles. The summed E-state index contributed by atoms with van der Waals surface area (Å²) in [5, 5.41) is 0. The van der Waals surface area contributed by atoms with E-state index in [0.717, 1.165) is 42.8 Å². The summed E-state index contributed by atoms with van der Waals surface area (Å²) < 4.78 is 26.1. The largest absolute Gasteiger partial charge is 0.497 e. The molecule has 0 aliphatic heterocycles. The van der Waals surface area contributed by atoms with Crippen LogP contribution in [-0.2, 0) is 4.57 Å². The van der Waals surface area contributed by atoms with E-state index in [9.17, 15) is 4.57 Å². The van der Waals surface area contributed by atoms with Gasteiger partial charge in [-0.2, -0.15) is 0 Å². The molecule has 0 aliphatic carbocycles. The molecule has 0 N–H and O–H groups in total. The lowest BCUT2D eigenvalue weighted by Gasteiger charge is -2.20. The van der Waals surface area contributed by atoms with E-state index in [2.05, 4.69) is 6.92 Å². The van der Waals surface area contributed by atoms with E-state index in [-0.39, 0.29) is 0 Å². The van der Waals surface area contributed by atoms with Gasteiger partial charge in [-0.3, -0.25) is 0 Å². The lowest BCUT2D eigenvalue weighted by Crippen LogP contribution is -1.99. The van der Waals surface area contributed by atoms with Crippen molar-refractivity contribution in [2.75, 3.05) is 18.8 Å². The number of aryl methyl sites for hydroxylation is 3. The van der Waals surface area contributed by atoms with Gasteiger partial charge in [-0.05, 0) is 111 Å². The van der Waals surface area contributed by atoms with Gasteiger partial charge in [0.2, 0.25) is 0 Å². The monoisotopic (exact) mass is 522 g/mol. The van der Waals surface area contributed by atoms with E-state index in [4.69, 9.17) is 9.05 Å². The zero-order chi connectivity index (χ0) is 23.3. The molecule has 0 bridgehead atoms. The Hall–Kier alpha value is -1.11. The molecule has 0 fully saturated rings. The highest BCUT2D eigenvalue weighted by Crippen LogP contribution is 2.63. The number of hydrogen-bond donors (Lipinski definition) is 0. The number of hydrogen-bond acceptors (Lipinski definition) is 7. The minimum atomic E-state index is -3.62. The van der Waals surface area contributed by atoms with Gasteiger partial charge in [0.1, 0.15) is 11.5 Å². The van der Waals surface area contributed by atoms with E-state index in [0.29, 0.717) is 11.5 Å². The van der Waals surface area contributed by atoms with Crippen LogP contribution in [0.1, 0.15) is 16.7 Å². The topological polar surface area (TPSA) is 35.5 Å². The molecule has 0 amide bonds. The highest BCUT2D eigenvalue weighted by Gasteiger charge is 2.31. The third-order valence-electron chi connectivity index (χ3n) is 4.75. The second-order valence-electron chi connectivity index (χ2n) is 7.12. The number of benzene rings is 3. The molecule has 3 aromatic rings. The molecule has 0 radical (unpaired) electrons. The third kappa shape index (κ3) is 6.48. The van der Waals surface area contributed by atoms with Crippen molar-refractivity contribution in [3.05, 3.63) is 71.3 Å². The predicted molar refractivity (Wildman–Crippen MR) is 144 cm³/mol. The summed E-state index contributed by atoms with van der Waals surface area (Å²) in [6.07, 6.45) is 6.12. The van der Waals surface area contributed by atoms with E-state index in [1.807, 2.05) is 87.2 Å². The first-order valence-corrected chi connectivity index (χ1v) is 16.5. The Balaban J connectivity index is 1.95. The van der Waals surface area contributed by atoms with Crippen molar-refractivity contribution in [3.63, 3.8) is 0 Å². The van der Waals surface area contributed by atoms with Gasteiger partial charge in [0.25, 0.3) is 0 Å². The lowest BCUT2D eigenvalue weighted by molar-refractivity contribution is 0.407. The maximum absolute atomic E-state index is 14.0. The number of thioether (sulfide) groups is 3. The average molecular weight is 523 g/mol. The Kier molecular flexibility index (Phi) is 9.05. The van der Waals surface area contributed by atoms with Crippen LogP contribution in [0.4, 0.5) is 0 Å². The molecule has 0 spiro atoms. The van der Waals surface area contributed by atoms with E-state index in [1.54, 1.807) is 35.3 Å². The average Bonchev–Trinajstić information content (AvgIpc) is 2.74. The Bertz CT molecular complexity index is 1010. The minimum Gasteiger partial charge on any atom is -0.408 e. The van der Waals surface area contributed by atoms with E-state index < -0.39 is 6.80 Å². The summed E-state index contributed by atoms with van der Waals surface area (Å²) in [4.78, 5) is 4.36. The van der Waals surface area contributed by atoms with Crippen LogP contribution < -0.4 is 9.05 Å². The summed E-state index contributed by atoms with van der Waals surface area (Å²) in [5.41, 5.74) is 3.29. The Labute approximate surface area is 208 Å². The van der Waals surface area contributed by atoms with Crippen molar-refractivity contribution in [1.82, 2.24) is 0 Å². The molecule has 0 aliphatic rings. The van der Waals surface area contributed by atoms with Crippen LogP contribution in [0.25, 0.3) is 0 Å². The highest BCUT2D eigenvalue weighted by atomic mass is 32.7. The first-order chi connectivity index (χ1) is 15.3. The first-order valence-electron chi connectivity index (χ1n) is 9.89. The predicted octanol–water partition coefficient (Wildman–Crippen LogP) is 9.14. The SMILES string of the molecule is CSc1ccc(OP(=O)(Oc2ccc(SC)c(C)c2)Sc2ccc(SC)c(C)c2)cc1C. The first kappa shape index (κ1) is 25.5. The van der Waals surface area contributed by atoms with Crippen molar-refractivity contribution in [2.45, 2.75) is 40.4 Å². The van der Waals surface area contributed by atoms with Gasteiger partial charge in [-0.15, -0.1) is 35.3 Å². The molecule has 32 heavy (non-hydrogen) atoms. The molecule has 3 aromatic carbocycles. The third-order valence-corrected chi connectivity index (χ3v) is 10.8. The van der Waals surface area contributed by atoms with Gasteiger partial charge in [0, 0.05) is 31.0 Å². The quantitative estimate of drug-likeness (QED) is 0.205. The van der Waals surface area contributed by atoms with Crippen LogP contribution in [0, 0.1) is 20.8 Å². The maximum atomic E-state index is 14.0. The molecule has 170 valence electrons. The van der Waals surface area contributed by atoms with E-state index >= 15 is 0 Å². The molecule has 0 atom stereocenters. The molecule has 0 saturated heterocycles. The van der Waals surface area contributed by atoms with Gasteiger partial charge in [-0.25, -0.2) is 4.57 Å². The molecular formula is C24H27O3PS4. The minimum absolute atomic E-state index is 0.533. The molecular weight excluding hydrogens is 496 g/mol. The van der Waals surface area contributed by atoms with Gasteiger partial charge in [0.15, 0.2) is 0 Å². The summed E-state index contributed by atoms with van der Waals surface area (Å²) >= 11 is 6.17. The molecule has 0 saturated carbocycles. The summed E-state index contributed by atoms with van der Waals surface area (Å²) in [5.74, 6) is 1.07. The summed E-state index contributed by atoms with van der Waals surface area (Å²) in [7, 11) is 0. The Morgan fingerprint density at radius 1 is 0.625 bits per heavy atom. The van der Waals surface area contributed by atoms with Gasteiger partial charge in [-0.1, -0.05) is 0 Å². The van der Waals surface area contributed by atoms with E-state index in [1.165, 1.54) is 4.90 Å². The fourth-order valence-electron chi connectivity index (χ4n) is 3.17. The number of rotatable bonds is 9. The standard InChI is InChI=1S/C24H27O3PS4/c1-16-13-19(7-10-22(16)29-4)26-28(25,27-20-8-11-23(30-5)17(2)14-20)32-21-9-12-24(31-6)18(3)15-21/h7-15H,1-6H3. The van der Waals surface area contributed by atoms with Crippen molar-refractivity contribution < 1.29 is 13.6 Å². The molecule has 8 heteroatoms. The summed E-state index contributed by atoms with van der Waals surface area (Å²) in [6, 6.07) is 17.5. The van der Waals surface area contributed by atoms with Crippen LogP contribution in [0.15, 0.2) is 74.2 Å². The smallest absolute Gasteiger partial charge is 0.408 e. The normalized spacial score (nSPS) is 11.4. The van der Waals surface area contributed by atoms with Crippen molar-refractivity contribution in [2.24, 2.45) is 0 Å². The molecule has 0 unspecified atom stereocenters. The zero-order valence-electron chi connectivity index (χ0n) is 19.0. The van der Waals surface area contributed by atoms with Crippen LogP contribution in [0.3, 0.4) is 0 Å². The Morgan fingerprint density at radius 2 is 1.03 bits per heavy atom. The van der Waals surface area contributed by atoms with Gasteiger partial charge in [0.05, 0.1) is 0 Å². The van der Waals surface area contributed by atoms with Crippen molar-refractivity contribution in [1.29, 1.82) is 0 Å². The maximum Gasteiger partial charge on any atom is 0.497 e. The molecule has 3 nitrogen and oxygen atoms in total. The fraction of sp³-hybridized carbons (Fsp3) is 0.250. The lowest BCUT2D eigenvalue weighted by atomic mass is 10.2. The van der Waals surface area contributed by atoms with Crippen LogP contribution >= 0.6 is 53.5 Å². The van der Waals surface area contributed by atoms with Crippen LogP contribution in [0.2, 0.25) is 0 Å². The zero-order valence-corrected chi connectivity index (χ0v) is 23.2. The fourth-order valence-corrected chi connectivity index (χ4v) is 8.25. The van der Waals surface area contributed by atoms with Crippen molar-refractivity contribution in [3.8, 4) is 11.5 Å². The second kappa shape index (κ2) is 11.3. The second-order valence-corrected chi connectivity index (χ2v) is 13.5. The molecule has 3 rings (SSSR count). The van der Waals surface area contributed by atoms with Crippen LogP contribution in [-0.4, -0.2) is 18.8 Å².